The Hall–Kier alpha value is -5.68. The number of hydrogen-bond acceptors (Lipinski definition) is 24. The van der Waals surface area contributed by atoms with E-state index in [1.54, 1.807) is 0 Å². The Morgan fingerprint density at radius 2 is 1.25 bits per heavy atom. The number of rotatable bonds is 14. The topological polar surface area (TPSA) is 384 Å². The molecule has 0 bridgehead atoms. The Kier molecular flexibility index (Phi) is 15.2. The summed E-state index contributed by atoms with van der Waals surface area (Å²) in [6.45, 7) is -2.65. The van der Waals surface area contributed by atoms with Gasteiger partial charge in [0.2, 0.25) is 23.8 Å². The molecule has 15 unspecified atom stereocenters. The number of phenols is 3. The highest BCUT2D eigenvalue weighted by Gasteiger charge is 2.53. The molecule has 3 aromatic carbocycles. The van der Waals surface area contributed by atoms with Gasteiger partial charge in [0.1, 0.15) is 89.3 Å². The average Bonchev–Trinajstić information content (AvgIpc) is 3.31. The minimum Gasteiger partial charge on any atom is -0.508 e. The number of esters is 1. The maximum absolute atomic E-state index is 14.5. The number of aliphatic hydroxyl groups excluding tert-OH is 10. The number of benzene rings is 3. The van der Waals surface area contributed by atoms with Gasteiger partial charge in [-0.3, -0.25) is 4.79 Å². The Labute approximate surface area is 377 Å². The molecule has 0 radical (unpaired) electrons. The third kappa shape index (κ3) is 10.1. The Morgan fingerprint density at radius 3 is 1.88 bits per heavy atom. The highest BCUT2D eigenvalue weighted by atomic mass is 16.8. The molecule has 0 saturated carbocycles. The summed E-state index contributed by atoms with van der Waals surface area (Å²) in [6.07, 6.45) is -25.7. The van der Waals surface area contributed by atoms with Gasteiger partial charge in [0, 0.05) is 23.8 Å². The molecule has 7 rings (SSSR count). The molecule has 67 heavy (non-hydrogen) atoms. The molecule has 4 aromatic rings. The molecule has 3 aliphatic heterocycles. The summed E-state index contributed by atoms with van der Waals surface area (Å²) in [7, 11) is 1.31. The number of ether oxygens (including phenoxy) is 8. The van der Waals surface area contributed by atoms with Crippen LogP contribution in [0.5, 0.6) is 34.5 Å². The molecule has 1 aromatic heterocycles. The van der Waals surface area contributed by atoms with Gasteiger partial charge in [-0.1, -0.05) is 6.07 Å². The molecule has 0 aliphatic carbocycles. The normalized spacial score (nSPS) is 32.3. The summed E-state index contributed by atoms with van der Waals surface area (Å²) >= 11 is 0. The van der Waals surface area contributed by atoms with Gasteiger partial charge in [-0.15, -0.1) is 0 Å². The molecule has 24 nitrogen and oxygen atoms in total. The first kappa shape index (κ1) is 49.2. The van der Waals surface area contributed by atoms with Crippen molar-refractivity contribution in [3.8, 4) is 45.8 Å². The van der Waals surface area contributed by atoms with Crippen molar-refractivity contribution in [3.63, 3.8) is 0 Å². The standard InChI is InChI=1S/C43H48O24/c1-59-22-10-16(2-8-20(22)48)3-9-27(50)65-39-34(56)30(52)25(14-45)63-42(39)67-40-35(57)31(53)26(15-46)64-43(40)66-38-32(54)28-21(49)11-19(60-41-36(58)33(55)29(51)24(13-44)62-41)12-23(28)61-37(38)17-4-6-18(47)7-5-17/h2-12,24-26,29-31,33-36,39-49,51-53,55-58H,13-15H2,1H3. The van der Waals surface area contributed by atoms with Crippen molar-refractivity contribution in [2.24, 2.45) is 0 Å². The van der Waals surface area contributed by atoms with Gasteiger partial charge in [-0.25, -0.2) is 4.79 Å². The van der Waals surface area contributed by atoms with Crippen molar-refractivity contribution >= 4 is 23.0 Å². The molecule has 0 spiro atoms. The van der Waals surface area contributed by atoms with Crippen LogP contribution in [-0.2, 0) is 28.5 Å². The molecular weight excluding hydrogens is 900 g/mol. The lowest BCUT2D eigenvalue weighted by atomic mass is 9.97. The maximum atomic E-state index is 14.5. The number of phenolic OH excluding ortho intramolecular Hbond substituents is 3. The highest BCUT2D eigenvalue weighted by Crippen LogP contribution is 2.40. The minimum atomic E-state index is -2.11. The summed E-state index contributed by atoms with van der Waals surface area (Å²) in [5, 5.41) is 136. The molecule has 0 amide bonds. The Bertz CT molecular complexity index is 2440. The minimum absolute atomic E-state index is 0.0309. The molecule has 4 heterocycles. The van der Waals surface area contributed by atoms with E-state index in [0.717, 1.165) is 18.2 Å². The SMILES string of the molecule is COc1cc(C=CC(=O)OC2C(OC3C(Oc4c(-c5ccc(O)cc5)oc5cc(OC6OC(CO)C(O)C(O)C6O)cc(O)c5c4=O)OC(CO)C(O)C3O)OC(CO)C(O)C2O)ccc1O. The first-order chi connectivity index (χ1) is 32.0. The number of fused-ring (bicyclic) bond motifs is 1. The number of carbonyl (C=O) groups excluding carboxylic acids is 1. The molecule has 15 atom stereocenters. The van der Waals surface area contributed by atoms with Crippen LogP contribution in [0.25, 0.3) is 28.4 Å². The van der Waals surface area contributed by atoms with E-state index in [1.165, 1.54) is 55.7 Å². The number of aliphatic hydroxyl groups is 10. The monoisotopic (exact) mass is 948 g/mol. The highest BCUT2D eigenvalue weighted by molar-refractivity contribution is 5.89. The van der Waals surface area contributed by atoms with Crippen molar-refractivity contribution in [1.82, 2.24) is 0 Å². The quantitative estimate of drug-likeness (QED) is 0.0443. The van der Waals surface area contributed by atoms with Crippen molar-refractivity contribution in [2.45, 2.75) is 92.1 Å². The van der Waals surface area contributed by atoms with Crippen LogP contribution in [0.3, 0.4) is 0 Å². The molecule has 13 N–H and O–H groups in total. The smallest absolute Gasteiger partial charge is 0.331 e. The lowest BCUT2D eigenvalue weighted by Crippen LogP contribution is -2.65. The lowest BCUT2D eigenvalue weighted by molar-refractivity contribution is -0.358. The van der Waals surface area contributed by atoms with Crippen LogP contribution in [0, 0.1) is 0 Å². The van der Waals surface area contributed by atoms with Gasteiger partial charge in [0.25, 0.3) is 0 Å². The van der Waals surface area contributed by atoms with E-state index >= 15 is 0 Å². The second-order valence-corrected chi connectivity index (χ2v) is 15.6. The van der Waals surface area contributed by atoms with E-state index in [2.05, 4.69) is 0 Å². The average molecular weight is 949 g/mol. The van der Waals surface area contributed by atoms with Crippen LogP contribution >= 0.6 is 0 Å². The molecule has 3 saturated heterocycles. The predicted octanol–water partition coefficient (Wildman–Crippen LogP) is -2.97. The second kappa shape index (κ2) is 20.7. The fourth-order valence-electron chi connectivity index (χ4n) is 7.53. The van der Waals surface area contributed by atoms with Crippen LogP contribution in [0.2, 0.25) is 0 Å². The summed E-state index contributed by atoms with van der Waals surface area (Å²) in [5.74, 6) is -3.83. The molecule has 3 aliphatic rings. The van der Waals surface area contributed by atoms with Gasteiger partial charge in [-0.05, 0) is 48.0 Å². The molecule has 364 valence electrons. The van der Waals surface area contributed by atoms with Gasteiger partial charge in [0.05, 0.1) is 26.9 Å². The van der Waals surface area contributed by atoms with Crippen LogP contribution in [0.1, 0.15) is 5.56 Å². The van der Waals surface area contributed by atoms with E-state index in [1.807, 2.05) is 0 Å². The first-order valence-corrected chi connectivity index (χ1v) is 20.4. The largest absolute Gasteiger partial charge is 0.508 e. The van der Waals surface area contributed by atoms with E-state index in [0.29, 0.717) is 5.56 Å². The molecule has 24 heteroatoms. The third-order valence-corrected chi connectivity index (χ3v) is 11.2. The zero-order chi connectivity index (χ0) is 48.4. The summed E-state index contributed by atoms with van der Waals surface area (Å²) < 4.78 is 51.2. The fourth-order valence-corrected chi connectivity index (χ4v) is 7.53. The zero-order valence-electron chi connectivity index (χ0n) is 34.9. The number of carbonyl (C=O) groups is 1. The Balaban J connectivity index is 1.24. The van der Waals surface area contributed by atoms with E-state index < -0.39 is 152 Å². The van der Waals surface area contributed by atoms with Crippen LogP contribution in [0.15, 0.2) is 69.9 Å². The van der Waals surface area contributed by atoms with Gasteiger partial charge in [-0.2, -0.15) is 0 Å². The van der Waals surface area contributed by atoms with Gasteiger partial charge in [0.15, 0.2) is 35.8 Å². The van der Waals surface area contributed by atoms with Crippen molar-refractivity contribution in [1.29, 1.82) is 0 Å². The van der Waals surface area contributed by atoms with Crippen molar-refractivity contribution < 1.29 is 113 Å². The van der Waals surface area contributed by atoms with Gasteiger partial charge >= 0.3 is 5.97 Å². The number of hydrogen-bond donors (Lipinski definition) is 13. The number of aromatic hydroxyl groups is 3. The van der Waals surface area contributed by atoms with Crippen molar-refractivity contribution in [3.05, 3.63) is 76.5 Å². The second-order valence-electron chi connectivity index (χ2n) is 15.6. The van der Waals surface area contributed by atoms with Crippen LogP contribution in [-0.4, -0.2) is 191 Å². The summed E-state index contributed by atoms with van der Waals surface area (Å²) in [5.41, 5.74) is -1.15. The molecule has 3 fully saturated rings. The molecular formula is C43H48O24. The maximum Gasteiger partial charge on any atom is 0.331 e. The van der Waals surface area contributed by atoms with E-state index in [-0.39, 0.29) is 28.6 Å². The van der Waals surface area contributed by atoms with Crippen molar-refractivity contribution in [2.75, 3.05) is 26.9 Å². The zero-order valence-corrected chi connectivity index (χ0v) is 34.9. The number of methoxy groups -OCH3 is 1. The lowest BCUT2D eigenvalue weighted by Gasteiger charge is -2.46. The van der Waals surface area contributed by atoms with Gasteiger partial charge < -0.3 is 109 Å². The van der Waals surface area contributed by atoms with Crippen LogP contribution in [0.4, 0.5) is 0 Å². The predicted molar refractivity (Wildman–Crippen MR) is 220 cm³/mol. The van der Waals surface area contributed by atoms with E-state index in [9.17, 15) is 76.0 Å². The summed E-state index contributed by atoms with van der Waals surface area (Å²) in [4.78, 5) is 27.7. The third-order valence-electron chi connectivity index (χ3n) is 11.2. The first-order valence-electron chi connectivity index (χ1n) is 20.4. The van der Waals surface area contributed by atoms with E-state index in [4.69, 9.17) is 42.3 Å². The summed E-state index contributed by atoms with van der Waals surface area (Å²) in [6, 6.07) is 11.1. The fraction of sp³-hybridized carbons (Fsp3) is 0.442. The van der Waals surface area contributed by atoms with Crippen LogP contribution < -0.4 is 19.6 Å². The Morgan fingerprint density at radius 1 is 0.657 bits per heavy atom.